The van der Waals surface area contributed by atoms with E-state index in [-0.39, 0.29) is 17.1 Å². The Balaban J connectivity index is 1.48. The minimum Gasteiger partial charge on any atom is -0.497 e. The predicted molar refractivity (Wildman–Crippen MR) is 137 cm³/mol. The minimum absolute atomic E-state index is 0.151. The van der Waals surface area contributed by atoms with Gasteiger partial charge in [-0.1, -0.05) is 12.1 Å². The van der Waals surface area contributed by atoms with Gasteiger partial charge in [-0.3, -0.25) is 5.43 Å². The maximum Gasteiger partial charge on any atom is 0.243 e. The Bertz CT molecular complexity index is 1300. The number of nitrogens with zero attached hydrogens (tertiary/aromatic N) is 3. The van der Waals surface area contributed by atoms with E-state index < -0.39 is 10.0 Å². The fraction of sp³-hybridized carbons (Fsp3) is 0.333. The van der Waals surface area contributed by atoms with Gasteiger partial charge in [0.1, 0.15) is 11.5 Å². The van der Waals surface area contributed by atoms with Crippen LogP contribution < -0.4 is 14.9 Å². The van der Waals surface area contributed by atoms with Crippen LogP contribution in [0.15, 0.2) is 57.8 Å². The van der Waals surface area contributed by atoms with Gasteiger partial charge in [-0.15, -0.1) is 11.3 Å². The molecule has 1 aliphatic heterocycles. The highest BCUT2D eigenvalue weighted by Crippen LogP contribution is 2.29. The topological polar surface area (TPSA) is 102 Å². The van der Waals surface area contributed by atoms with Crippen LogP contribution in [0.1, 0.15) is 19.4 Å². The molecule has 1 fully saturated rings. The lowest BCUT2D eigenvalue weighted by molar-refractivity contribution is -0.0440. The van der Waals surface area contributed by atoms with Crippen LogP contribution in [0.25, 0.3) is 11.3 Å². The maximum atomic E-state index is 13.2. The zero-order valence-electron chi connectivity index (χ0n) is 20.0. The molecule has 1 saturated heterocycles. The molecule has 2 aromatic carbocycles. The number of rotatable bonds is 8. The second-order valence-corrected chi connectivity index (χ2v) is 10.9. The van der Waals surface area contributed by atoms with Crippen LogP contribution >= 0.6 is 11.3 Å². The molecule has 11 heteroatoms. The summed E-state index contributed by atoms with van der Waals surface area (Å²) in [5.74, 6) is 1.33. The van der Waals surface area contributed by atoms with Crippen molar-refractivity contribution in [3.63, 3.8) is 0 Å². The lowest BCUT2D eigenvalue weighted by atomic mass is 10.2. The molecule has 2 heterocycles. The van der Waals surface area contributed by atoms with E-state index >= 15 is 0 Å². The molecule has 1 aromatic heterocycles. The van der Waals surface area contributed by atoms with Crippen LogP contribution in [-0.2, 0) is 14.8 Å². The van der Waals surface area contributed by atoms with E-state index in [1.54, 1.807) is 44.7 Å². The van der Waals surface area contributed by atoms with Crippen molar-refractivity contribution in [1.29, 1.82) is 0 Å². The molecule has 1 aliphatic rings. The van der Waals surface area contributed by atoms with E-state index in [1.165, 1.54) is 15.6 Å². The van der Waals surface area contributed by atoms with E-state index in [4.69, 9.17) is 14.2 Å². The Hall–Kier alpha value is -2.99. The van der Waals surface area contributed by atoms with Crippen LogP contribution in [0.3, 0.4) is 0 Å². The number of hydrogen-bond donors (Lipinski definition) is 1. The molecule has 1 N–H and O–H groups in total. The molecule has 0 amide bonds. The number of hydrogen-bond acceptors (Lipinski definition) is 9. The molecule has 0 spiro atoms. The van der Waals surface area contributed by atoms with Crippen LogP contribution in [0, 0.1) is 0 Å². The summed E-state index contributed by atoms with van der Waals surface area (Å²) in [4.78, 5) is 4.79. The zero-order valence-corrected chi connectivity index (χ0v) is 21.6. The van der Waals surface area contributed by atoms with Gasteiger partial charge in [0.15, 0.2) is 0 Å². The van der Waals surface area contributed by atoms with Crippen molar-refractivity contribution in [2.75, 3.05) is 32.7 Å². The first-order valence-electron chi connectivity index (χ1n) is 11.0. The average Bonchev–Trinajstić information content (AvgIpc) is 3.32. The second kappa shape index (κ2) is 10.7. The van der Waals surface area contributed by atoms with Crippen molar-refractivity contribution >= 4 is 32.7 Å². The van der Waals surface area contributed by atoms with Crippen LogP contribution in [0.4, 0.5) is 5.13 Å². The van der Waals surface area contributed by atoms with Gasteiger partial charge in [0.2, 0.25) is 15.2 Å². The van der Waals surface area contributed by atoms with E-state index in [2.05, 4.69) is 15.5 Å². The van der Waals surface area contributed by atoms with Crippen molar-refractivity contribution in [3.8, 4) is 22.8 Å². The third-order valence-electron chi connectivity index (χ3n) is 5.46. The fourth-order valence-electron chi connectivity index (χ4n) is 3.83. The van der Waals surface area contributed by atoms with Gasteiger partial charge >= 0.3 is 0 Å². The lowest BCUT2D eigenvalue weighted by Gasteiger charge is -2.34. The Kier molecular flexibility index (Phi) is 7.70. The summed E-state index contributed by atoms with van der Waals surface area (Å²) in [7, 11) is -0.459. The summed E-state index contributed by atoms with van der Waals surface area (Å²) in [6, 6.07) is 12.3. The Labute approximate surface area is 209 Å². The highest BCUT2D eigenvalue weighted by molar-refractivity contribution is 7.89. The number of nitrogens with one attached hydrogen (secondary N) is 1. The predicted octanol–water partition coefficient (Wildman–Crippen LogP) is 4.07. The van der Waals surface area contributed by atoms with Crippen LogP contribution in [0.2, 0.25) is 0 Å². The standard InChI is InChI=1S/C24H28N4O5S2/c1-16-13-28(14-17(2)33-16)35(29,30)21-7-5-6-18(10-21)22-15-34-24(26-22)27-25-12-19-8-9-20(31-3)11-23(19)32-4/h5-12,15-17H,13-14H2,1-4H3,(H,26,27)/b25-12-/t16-,17-/m0/s1. The van der Waals surface area contributed by atoms with Crippen molar-refractivity contribution in [2.24, 2.45) is 5.10 Å². The first-order chi connectivity index (χ1) is 16.8. The number of hydrazone groups is 1. The first kappa shape index (κ1) is 25.1. The average molecular weight is 517 g/mol. The number of anilines is 1. The molecule has 186 valence electrons. The highest BCUT2D eigenvalue weighted by Gasteiger charge is 2.32. The van der Waals surface area contributed by atoms with Gasteiger partial charge in [-0.2, -0.15) is 9.41 Å². The van der Waals surface area contributed by atoms with Gasteiger partial charge in [-0.05, 0) is 38.1 Å². The second-order valence-electron chi connectivity index (χ2n) is 8.12. The van der Waals surface area contributed by atoms with Crippen molar-refractivity contribution in [1.82, 2.24) is 9.29 Å². The smallest absolute Gasteiger partial charge is 0.243 e. The monoisotopic (exact) mass is 516 g/mol. The number of thiazole rings is 1. The molecule has 0 bridgehead atoms. The summed E-state index contributed by atoms with van der Waals surface area (Å²) in [5, 5.41) is 6.69. The largest absolute Gasteiger partial charge is 0.497 e. The molecule has 0 saturated carbocycles. The summed E-state index contributed by atoms with van der Waals surface area (Å²) in [6.07, 6.45) is 1.33. The maximum absolute atomic E-state index is 13.2. The zero-order chi connectivity index (χ0) is 25.0. The Morgan fingerprint density at radius 2 is 1.91 bits per heavy atom. The number of methoxy groups -OCH3 is 2. The molecule has 3 aromatic rings. The minimum atomic E-state index is -3.64. The SMILES string of the molecule is COc1ccc(/C=N\Nc2nc(-c3cccc(S(=O)(=O)N4C[C@H](C)O[C@@H](C)C4)c3)cs2)c(OC)c1. The molecular formula is C24H28N4O5S2. The van der Waals surface area contributed by atoms with Gasteiger partial charge in [0.25, 0.3) is 0 Å². The summed E-state index contributed by atoms with van der Waals surface area (Å²) >= 11 is 1.37. The van der Waals surface area contributed by atoms with Gasteiger partial charge < -0.3 is 14.2 Å². The molecule has 0 radical (unpaired) electrons. The molecule has 9 nitrogen and oxygen atoms in total. The van der Waals surface area contributed by atoms with Gasteiger partial charge in [0.05, 0.1) is 43.2 Å². The summed E-state index contributed by atoms with van der Waals surface area (Å²) in [6.45, 7) is 4.43. The van der Waals surface area contributed by atoms with E-state index in [9.17, 15) is 8.42 Å². The number of ether oxygens (including phenoxy) is 3. The normalized spacial score (nSPS) is 19.1. The van der Waals surface area contributed by atoms with Crippen molar-refractivity contribution in [3.05, 3.63) is 53.4 Å². The Morgan fingerprint density at radius 3 is 2.63 bits per heavy atom. The number of morpholine rings is 1. The van der Waals surface area contributed by atoms with Crippen molar-refractivity contribution in [2.45, 2.75) is 31.0 Å². The van der Waals surface area contributed by atoms with E-state index in [1.807, 2.05) is 37.4 Å². The molecular weight excluding hydrogens is 488 g/mol. The highest BCUT2D eigenvalue weighted by atomic mass is 32.2. The Morgan fingerprint density at radius 1 is 1.14 bits per heavy atom. The van der Waals surface area contributed by atoms with Gasteiger partial charge in [0, 0.05) is 35.7 Å². The molecule has 4 rings (SSSR count). The quantitative estimate of drug-likeness (QED) is 0.356. The molecule has 0 unspecified atom stereocenters. The molecule has 35 heavy (non-hydrogen) atoms. The number of benzene rings is 2. The molecule has 0 aliphatic carbocycles. The van der Waals surface area contributed by atoms with E-state index in [0.29, 0.717) is 41.0 Å². The number of aromatic nitrogens is 1. The third kappa shape index (κ3) is 5.81. The first-order valence-corrected chi connectivity index (χ1v) is 13.3. The fourth-order valence-corrected chi connectivity index (χ4v) is 6.14. The third-order valence-corrected chi connectivity index (χ3v) is 8.04. The number of sulfonamides is 1. The van der Waals surface area contributed by atoms with E-state index in [0.717, 1.165) is 5.56 Å². The lowest BCUT2D eigenvalue weighted by Crippen LogP contribution is -2.48. The van der Waals surface area contributed by atoms with Crippen molar-refractivity contribution < 1.29 is 22.6 Å². The van der Waals surface area contributed by atoms with Gasteiger partial charge in [-0.25, -0.2) is 13.4 Å². The van der Waals surface area contributed by atoms with Crippen LogP contribution in [-0.4, -0.2) is 63.4 Å². The molecule has 2 atom stereocenters. The summed E-state index contributed by atoms with van der Waals surface area (Å²) in [5.41, 5.74) is 5.07. The van der Waals surface area contributed by atoms with Crippen LogP contribution in [0.5, 0.6) is 11.5 Å². The summed E-state index contributed by atoms with van der Waals surface area (Å²) < 4.78 is 44.2.